The molecule has 1 amide bonds. The van der Waals surface area contributed by atoms with Crippen molar-refractivity contribution in [3.05, 3.63) is 46.7 Å². The molecule has 7 heteroatoms. The predicted molar refractivity (Wildman–Crippen MR) is 91.2 cm³/mol. The quantitative estimate of drug-likeness (QED) is 0.761. The summed E-state index contributed by atoms with van der Waals surface area (Å²) in [5, 5.41) is 6.43. The SMILES string of the molecule is COCCCNc1nccc(C(=O)Nc2cc(Cl)ccc2C)n1. The average Bonchev–Trinajstić information content (AvgIpc) is 2.55. The number of amides is 1. The van der Waals surface area contributed by atoms with Gasteiger partial charge in [0.1, 0.15) is 5.69 Å². The predicted octanol–water partition coefficient (Wildman–Crippen LogP) is 3.14. The molecule has 23 heavy (non-hydrogen) atoms. The summed E-state index contributed by atoms with van der Waals surface area (Å²) in [7, 11) is 1.65. The number of nitrogens with zero attached hydrogens (tertiary/aromatic N) is 2. The number of nitrogens with one attached hydrogen (secondary N) is 2. The molecular weight excluding hydrogens is 316 g/mol. The Morgan fingerprint density at radius 2 is 2.17 bits per heavy atom. The van der Waals surface area contributed by atoms with Crippen molar-refractivity contribution < 1.29 is 9.53 Å². The van der Waals surface area contributed by atoms with Crippen LogP contribution < -0.4 is 10.6 Å². The lowest BCUT2D eigenvalue weighted by atomic mass is 10.2. The van der Waals surface area contributed by atoms with E-state index < -0.39 is 0 Å². The molecule has 0 bridgehead atoms. The fourth-order valence-corrected chi connectivity index (χ4v) is 2.07. The second kappa shape index (κ2) is 8.45. The van der Waals surface area contributed by atoms with Crippen LogP contribution >= 0.6 is 11.6 Å². The number of hydrogen-bond donors (Lipinski definition) is 2. The van der Waals surface area contributed by atoms with E-state index in [-0.39, 0.29) is 11.6 Å². The zero-order valence-electron chi connectivity index (χ0n) is 13.1. The molecule has 2 rings (SSSR count). The van der Waals surface area contributed by atoms with Gasteiger partial charge in [0.15, 0.2) is 0 Å². The highest BCUT2D eigenvalue weighted by Gasteiger charge is 2.11. The first-order valence-electron chi connectivity index (χ1n) is 7.23. The molecular formula is C16H19ClN4O2. The maximum Gasteiger partial charge on any atom is 0.274 e. The Balaban J connectivity index is 2.03. The smallest absolute Gasteiger partial charge is 0.274 e. The van der Waals surface area contributed by atoms with Crippen molar-refractivity contribution >= 4 is 29.1 Å². The molecule has 0 aliphatic rings. The topological polar surface area (TPSA) is 76.1 Å². The first-order chi connectivity index (χ1) is 11.1. The Morgan fingerprint density at radius 3 is 2.96 bits per heavy atom. The van der Waals surface area contributed by atoms with Crippen molar-refractivity contribution in [1.82, 2.24) is 9.97 Å². The largest absolute Gasteiger partial charge is 0.385 e. The van der Waals surface area contributed by atoms with E-state index in [9.17, 15) is 4.79 Å². The number of anilines is 2. The van der Waals surface area contributed by atoms with Gasteiger partial charge in [-0.25, -0.2) is 9.97 Å². The van der Waals surface area contributed by atoms with Gasteiger partial charge >= 0.3 is 0 Å². The van der Waals surface area contributed by atoms with Gasteiger partial charge in [0, 0.05) is 37.2 Å². The molecule has 0 saturated heterocycles. The van der Waals surface area contributed by atoms with Crippen LogP contribution in [-0.2, 0) is 4.74 Å². The van der Waals surface area contributed by atoms with E-state index in [1.807, 2.05) is 13.0 Å². The summed E-state index contributed by atoms with van der Waals surface area (Å²) in [5.41, 5.74) is 1.87. The number of rotatable bonds is 7. The Morgan fingerprint density at radius 1 is 1.35 bits per heavy atom. The third-order valence-electron chi connectivity index (χ3n) is 3.14. The van der Waals surface area contributed by atoms with Crippen molar-refractivity contribution in [3.8, 4) is 0 Å². The lowest BCUT2D eigenvalue weighted by Gasteiger charge is -2.09. The Labute approximate surface area is 140 Å². The van der Waals surface area contributed by atoms with E-state index in [0.717, 1.165) is 12.0 Å². The minimum Gasteiger partial charge on any atom is -0.385 e. The maximum absolute atomic E-state index is 12.3. The number of aryl methyl sites for hydroxylation is 1. The maximum atomic E-state index is 12.3. The summed E-state index contributed by atoms with van der Waals surface area (Å²) in [6.45, 7) is 3.22. The van der Waals surface area contributed by atoms with Crippen LogP contribution in [0.2, 0.25) is 5.02 Å². The second-order valence-corrected chi connectivity index (χ2v) is 5.39. The molecule has 1 heterocycles. The molecule has 1 aromatic heterocycles. The van der Waals surface area contributed by atoms with Crippen molar-refractivity contribution in [2.75, 3.05) is 30.9 Å². The van der Waals surface area contributed by atoms with E-state index in [1.54, 1.807) is 31.5 Å². The summed E-state index contributed by atoms with van der Waals surface area (Å²) in [6.07, 6.45) is 2.38. The van der Waals surface area contributed by atoms with Crippen LogP contribution in [0, 0.1) is 6.92 Å². The van der Waals surface area contributed by atoms with Crippen LogP contribution in [0.5, 0.6) is 0 Å². The van der Waals surface area contributed by atoms with E-state index in [0.29, 0.717) is 29.8 Å². The Kier molecular flexibility index (Phi) is 6.31. The van der Waals surface area contributed by atoms with Gasteiger partial charge in [-0.1, -0.05) is 17.7 Å². The molecule has 1 aromatic carbocycles. The van der Waals surface area contributed by atoms with Gasteiger partial charge in [-0.05, 0) is 37.1 Å². The molecule has 2 aromatic rings. The highest BCUT2D eigenvalue weighted by molar-refractivity contribution is 6.31. The summed E-state index contributed by atoms with van der Waals surface area (Å²) >= 11 is 5.96. The minimum atomic E-state index is -0.308. The average molecular weight is 335 g/mol. The summed E-state index contributed by atoms with van der Waals surface area (Å²) in [5.74, 6) is 0.106. The summed E-state index contributed by atoms with van der Waals surface area (Å²) in [4.78, 5) is 20.6. The van der Waals surface area contributed by atoms with E-state index in [1.165, 1.54) is 0 Å². The highest BCUT2D eigenvalue weighted by Crippen LogP contribution is 2.20. The van der Waals surface area contributed by atoms with Crippen molar-refractivity contribution in [2.24, 2.45) is 0 Å². The first kappa shape index (κ1) is 17.2. The molecule has 0 unspecified atom stereocenters. The number of carbonyl (C=O) groups is 1. The Bertz CT molecular complexity index is 679. The normalized spacial score (nSPS) is 10.4. The van der Waals surface area contributed by atoms with E-state index in [2.05, 4.69) is 20.6 Å². The monoisotopic (exact) mass is 334 g/mol. The molecule has 0 saturated carbocycles. The number of benzene rings is 1. The minimum absolute atomic E-state index is 0.286. The van der Waals surface area contributed by atoms with Crippen molar-refractivity contribution in [3.63, 3.8) is 0 Å². The number of methoxy groups -OCH3 is 1. The molecule has 0 fully saturated rings. The van der Waals surface area contributed by atoms with Crippen LogP contribution in [0.1, 0.15) is 22.5 Å². The van der Waals surface area contributed by atoms with Gasteiger partial charge < -0.3 is 15.4 Å². The lowest BCUT2D eigenvalue weighted by Crippen LogP contribution is -2.16. The molecule has 0 radical (unpaired) electrons. The van der Waals surface area contributed by atoms with Crippen LogP contribution in [0.25, 0.3) is 0 Å². The second-order valence-electron chi connectivity index (χ2n) is 4.95. The molecule has 0 aliphatic heterocycles. The van der Waals surface area contributed by atoms with Gasteiger partial charge in [0.05, 0.1) is 0 Å². The molecule has 0 aliphatic carbocycles. The van der Waals surface area contributed by atoms with Gasteiger partial charge in [0.2, 0.25) is 5.95 Å². The molecule has 0 spiro atoms. The number of carbonyl (C=O) groups excluding carboxylic acids is 1. The highest BCUT2D eigenvalue weighted by atomic mass is 35.5. The number of halogens is 1. The molecule has 0 atom stereocenters. The van der Waals surface area contributed by atoms with E-state index in [4.69, 9.17) is 16.3 Å². The number of hydrogen-bond acceptors (Lipinski definition) is 5. The standard InChI is InChI=1S/C16H19ClN4O2/c1-11-4-5-12(17)10-14(11)20-15(22)13-6-8-19-16(21-13)18-7-3-9-23-2/h4-6,8,10H,3,7,9H2,1-2H3,(H,20,22)(H,18,19,21). The fraction of sp³-hybridized carbons (Fsp3) is 0.312. The van der Waals surface area contributed by atoms with Crippen LogP contribution in [-0.4, -0.2) is 36.1 Å². The third kappa shape index (κ3) is 5.19. The zero-order valence-corrected chi connectivity index (χ0v) is 13.9. The van der Waals surface area contributed by atoms with Gasteiger partial charge in [-0.15, -0.1) is 0 Å². The van der Waals surface area contributed by atoms with Crippen LogP contribution in [0.15, 0.2) is 30.5 Å². The summed E-state index contributed by atoms with van der Waals surface area (Å²) in [6, 6.07) is 6.90. The fourth-order valence-electron chi connectivity index (χ4n) is 1.90. The lowest BCUT2D eigenvalue weighted by molar-refractivity contribution is 0.102. The molecule has 122 valence electrons. The van der Waals surface area contributed by atoms with Crippen molar-refractivity contribution in [1.29, 1.82) is 0 Å². The zero-order chi connectivity index (χ0) is 16.7. The number of aromatic nitrogens is 2. The third-order valence-corrected chi connectivity index (χ3v) is 3.38. The van der Waals surface area contributed by atoms with Gasteiger partial charge in [-0.3, -0.25) is 4.79 Å². The van der Waals surface area contributed by atoms with E-state index >= 15 is 0 Å². The van der Waals surface area contributed by atoms with Gasteiger partial charge in [-0.2, -0.15) is 0 Å². The molecule has 2 N–H and O–H groups in total. The van der Waals surface area contributed by atoms with Crippen LogP contribution in [0.4, 0.5) is 11.6 Å². The Hall–Kier alpha value is -2.18. The first-order valence-corrected chi connectivity index (χ1v) is 7.61. The van der Waals surface area contributed by atoms with Crippen LogP contribution in [0.3, 0.4) is 0 Å². The van der Waals surface area contributed by atoms with Crippen molar-refractivity contribution in [2.45, 2.75) is 13.3 Å². The number of ether oxygens (including phenoxy) is 1. The molecule has 6 nitrogen and oxygen atoms in total. The van der Waals surface area contributed by atoms with Gasteiger partial charge in [0.25, 0.3) is 5.91 Å². The summed E-state index contributed by atoms with van der Waals surface area (Å²) < 4.78 is 4.97.